The highest BCUT2D eigenvalue weighted by Gasteiger charge is 2.40. The molecule has 1 nitrogen and oxygen atoms in total. The minimum Gasteiger partial charge on any atom is -0.325 e. The molecule has 0 radical (unpaired) electrons. The Morgan fingerprint density at radius 1 is 1.31 bits per heavy atom. The van der Waals surface area contributed by atoms with Gasteiger partial charge in [0.05, 0.1) is 0 Å². The zero-order valence-electron chi connectivity index (χ0n) is 9.69. The summed E-state index contributed by atoms with van der Waals surface area (Å²) in [6.07, 6.45) is 6.22. The third kappa shape index (κ3) is 2.98. The van der Waals surface area contributed by atoms with Crippen molar-refractivity contribution in [3.8, 4) is 0 Å². The Bertz CT molecular complexity index is 174. The Balaban J connectivity index is 2.50. The molecule has 0 heterocycles. The summed E-state index contributed by atoms with van der Waals surface area (Å²) in [5, 5.41) is 0. The van der Waals surface area contributed by atoms with Crippen molar-refractivity contribution in [1.29, 1.82) is 0 Å². The smallest absolute Gasteiger partial charge is 0.0162 e. The van der Waals surface area contributed by atoms with Gasteiger partial charge >= 0.3 is 0 Å². The van der Waals surface area contributed by atoms with Gasteiger partial charge in [-0.3, -0.25) is 0 Å². The minimum atomic E-state index is 0.152. The average molecular weight is 183 g/mol. The van der Waals surface area contributed by atoms with E-state index in [0.717, 1.165) is 5.92 Å². The second-order valence-electron chi connectivity index (χ2n) is 5.92. The molecule has 2 atom stereocenters. The third-order valence-electron chi connectivity index (χ3n) is 3.58. The summed E-state index contributed by atoms with van der Waals surface area (Å²) in [6.45, 7) is 9.27. The molecule has 1 rings (SSSR count). The quantitative estimate of drug-likeness (QED) is 0.713. The summed E-state index contributed by atoms with van der Waals surface area (Å²) in [7, 11) is 0. The highest BCUT2D eigenvalue weighted by molar-refractivity contribution is 4.97. The summed E-state index contributed by atoms with van der Waals surface area (Å²) in [6, 6.07) is 0. The van der Waals surface area contributed by atoms with Crippen LogP contribution in [0, 0.1) is 11.3 Å². The van der Waals surface area contributed by atoms with Gasteiger partial charge in [0.25, 0.3) is 0 Å². The first-order valence-corrected chi connectivity index (χ1v) is 5.66. The van der Waals surface area contributed by atoms with E-state index in [1.807, 2.05) is 0 Å². The topological polar surface area (TPSA) is 26.0 Å². The van der Waals surface area contributed by atoms with Crippen LogP contribution in [-0.4, -0.2) is 5.54 Å². The summed E-state index contributed by atoms with van der Waals surface area (Å²) in [5.41, 5.74) is 7.05. The first-order valence-electron chi connectivity index (χ1n) is 5.66. The summed E-state index contributed by atoms with van der Waals surface area (Å²) >= 11 is 0. The maximum Gasteiger partial charge on any atom is 0.0162 e. The average Bonchev–Trinajstić information content (AvgIpc) is 2.25. The van der Waals surface area contributed by atoms with Gasteiger partial charge in [-0.15, -0.1) is 0 Å². The zero-order chi connectivity index (χ0) is 10.1. The van der Waals surface area contributed by atoms with Crippen LogP contribution in [-0.2, 0) is 0 Å². The number of hydrogen-bond acceptors (Lipinski definition) is 1. The lowest BCUT2D eigenvalue weighted by Gasteiger charge is -2.29. The maximum absolute atomic E-state index is 6.41. The largest absolute Gasteiger partial charge is 0.325 e. The molecule has 0 aromatic rings. The molecule has 0 saturated heterocycles. The Labute approximate surface area is 83.1 Å². The van der Waals surface area contributed by atoms with Crippen molar-refractivity contribution < 1.29 is 0 Å². The van der Waals surface area contributed by atoms with E-state index in [-0.39, 0.29) is 5.54 Å². The standard InChI is InChI=1S/C12H25N/c1-5-10(2)8-12(13)7-6-11(3,4)9-12/h10H,5-9,13H2,1-4H3. The molecule has 1 saturated carbocycles. The lowest BCUT2D eigenvalue weighted by atomic mass is 9.82. The number of hydrogen-bond donors (Lipinski definition) is 1. The normalized spacial score (nSPS) is 34.8. The molecular weight excluding hydrogens is 158 g/mol. The van der Waals surface area contributed by atoms with Crippen LogP contribution in [0.3, 0.4) is 0 Å². The van der Waals surface area contributed by atoms with Gasteiger partial charge in [0.2, 0.25) is 0 Å². The molecule has 1 aliphatic carbocycles. The number of rotatable bonds is 3. The molecule has 13 heavy (non-hydrogen) atoms. The van der Waals surface area contributed by atoms with Crippen LogP contribution in [0.4, 0.5) is 0 Å². The molecule has 0 amide bonds. The highest BCUT2D eigenvalue weighted by atomic mass is 14.8. The van der Waals surface area contributed by atoms with Gasteiger partial charge in [-0.2, -0.15) is 0 Å². The van der Waals surface area contributed by atoms with Crippen LogP contribution in [0.2, 0.25) is 0 Å². The molecule has 0 bridgehead atoms. The lowest BCUT2D eigenvalue weighted by Crippen LogP contribution is -2.39. The van der Waals surface area contributed by atoms with Gasteiger partial charge in [0, 0.05) is 5.54 Å². The molecular formula is C12H25N. The van der Waals surface area contributed by atoms with E-state index >= 15 is 0 Å². The Morgan fingerprint density at radius 3 is 2.31 bits per heavy atom. The van der Waals surface area contributed by atoms with Crippen molar-refractivity contribution in [3.05, 3.63) is 0 Å². The molecule has 1 heteroatoms. The van der Waals surface area contributed by atoms with Gasteiger partial charge in [-0.05, 0) is 37.0 Å². The van der Waals surface area contributed by atoms with Crippen LogP contribution < -0.4 is 5.73 Å². The second-order valence-corrected chi connectivity index (χ2v) is 5.92. The molecule has 78 valence electrons. The molecule has 0 spiro atoms. The van der Waals surface area contributed by atoms with Crippen molar-refractivity contribution in [2.45, 2.75) is 65.3 Å². The molecule has 0 aromatic carbocycles. The molecule has 2 N–H and O–H groups in total. The second kappa shape index (κ2) is 3.61. The van der Waals surface area contributed by atoms with Crippen molar-refractivity contribution in [1.82, 2.24) is 0 Å². The van der Waals surface area contributed by atoms with E-state index in [1.54, 1.807) is 0 Å². The van der Waals surface area contributed by atoms with Crippen LogP contribution >= 0.6 is 0 Å². The Morgan fingerprint density at radius 2 is 1.92 bits per heavy atom. The molecule has 1 fully saturated rings. The van der Waals surface area contributed by atoms with Gasteiger partial charge in [0.15, 0.2) is 0 Å². The van der Waals surface area contributed by atoms with Crippen LogP contribution in [0.15, 0.2) is 0 Å². The highest BCUT2D eigenvalue weighted by Crippen LogP contribution is 2.44. The van der Waals surface area contributed by atoms with Crippen LogP contribution in [0.5, 0.6) is 0 Å². The van der Waals surface area contributed by atoms with E-state index < -0.39 is 0 Å². The summed E-state index contributed by atoms with van der Waals surface area (Å²) in [4.78, 5) is 0. The van der Waals surface area contributed by atoms with Crippen LogP contribution in [0.25, 0.3) is 0 Å². The van der Waals surface area contributed by atoms with Gasteiger partial charge in [-0.1, -0.05) is 34.1 Å². The fraction of sp³-hybridized carbons (Fsp3) is 1.00. The molecule has 0 aliphatic heterocycles. The lowest BCUT2D eigenvalue weighted by molar-refractivity contribution is 0.288. The first-order chi connectivity index (χ1) is 5.87. The van der Waals surface area contributed by atoms with Gasteiger partial charge in [0.1, 0.15) is 0 Å². The maximum atomic E-state index is 6.41. The van der Waals surface area contributed by atoms with Crippen molar-refractivity contribution >= 4 is 0 Å². The van der Waals surface area contributed by atoms with E-state index in [1.165, 1.54) is 32.1 Å². The zero-order valence-corrected chi connectivity index (χ0v) is 9.69. The fourth-order valence-electron chi connectivity index (χ4n) is 2.73. The molecule has 1 aliphatic rings. The molecule has 0 aromatic heterocycles. The van der Waals surface area contributed by atoms with Crippen molar-refractivity contribution in [3.63, 3.8) is 0 Å². The number of nitrogens with two attached hydrogens (primary N) is 1. The Kier molecular flexibility index (Phi) is 3.06. The van der Waals surface area contributed by atoms with E-state index in [9.17, 15) is 0 Å². The summed E-state index contributed by atoms with van der Waals surface area (Å²) < 4.78 is 0. The predicted molar refractivity (Wildman–Crippen MR) is 58.6 cm³/mol. The Hall–Kier alpha value is -0.0400. The van der Waals surface area contributed by atoms with Crippen molar-refractivity contribution in [2.24, 2.45) is 17.1 Å². The summed E-state index contributed by atoms with van der Waals surface area (Å²) in [5.74, 6) is 0.791. The van der Waals surface area contributed by atoms with E-state index in [4.69, 9.17) is 5.73 Å². The van der Waals surface area contributed by atoms with Gasteiger partial charge in [-0.25, -0.2) is 0 Å². The predicted octanol–water partition coefficient (Wildman–Crippen LogP) is 3.33. The van der Waals surface area contributed by atoms with Gasteiger partial charge < -0.3 is 5.73 Å². The SMILES string of the molecule is CCC(C)CC1(N)CCC(C)(C)C1. The van der Waals surface area contributed by atoms with Crippen molar-refractivity contribution in [2.75, 3.05) is 0 Å². The minimum absolute atomic E-state index is 0.152. The van der Waals surface area contributed by atoms with Crippen LogP contribution in [0.1, 0.15) is 59.8 Å². The third-order valence-corrected chi connectivity index (χ3v) is 3.58. The molecule has 2 unspecified atom stereocenters. The first kappa shape index (κ1) is 11.0. The fourth-order valence-corrected chi connectivity index (χ4v) is 2.73. The van der Waals surface area contributed by atoms with E-state index in [2.05, 4.69) is 27.7 Å². The van der Waals surface area contributed by atoms with E-state index in [0.29, 0.717) is 5.41 Å². The monoisotopic (exact) mass is 183 g/mol.